The number of ether oxygens (including phenoxy) is 4. The van der Waals surface area contributed by atoms with Crippen LogP contribution in [0.25, 0.3) is 0 Å². The summed E-state index contributed by atoms with van der Waals surface area (Å²) in [4.78, 5) is 0. The van der Waals surface area contributed by atoms with Crippen molar-refractivity contribution in [3.05, 3.63) is 70.9 Å². The summed E-state index contributed by atoms with van der Waals surface area (Å²) in [6.07, 6.45) is 23.3. The van der Waals surface area contributed by atoms with Crippen molar-refractivity contribution in [2.75, 3.05) is 26.4 Å². The molecule has 0 aromatic carbocycles. The molecule has 0 aliphatic carbocycles. The van der Waals surface area contributed by atoms with Crippen molar-refractivity contribution >= 4 is 0 Å². The molecule has 0 amide bonds. The van der Waals surface area contributed by atoms with Crippen LogP contribution in [0.4, 0.5) is 0 Å². The van der Waals surface area contributed by atoms with Gasteiger partial charge < -0.3 is 9.47 Å². The highest BCUT2D eigenvalue weighted by Crippen LogP contribution is 2.21. The van der Waals surface area contributed by atoms with Gasteiger partial charge >= 0.3 is 6.16 Å². The summed E-state index contributed by atoms with van der Waals surface area (Å²) < 4.78 is 24.7. The van der Waals surface area contributed by atoms with Crippen LogP contribution in [0, 0.1) is 0 Å². The minimum absolute atomic E-state index is 0.361. The van der Waals surface area contributed by atoms with E-state index in [0.29, 0.717) is 26.4 Å². The van der Waals surface area contributed by atoms with Gasteiger partial charge in [0.2, 0.25) is 0 Å². The van der Waals surface area contributed by atoms with Crippen molar-refractivity contribution in [3.8, 4) is 0 Å². The van der Waals surface area contributed by atoms with Gasteiger partial charge in [0.05, 0.1) is 26.4 Å². The lowest BCUT2D eigenvalue weighted by Crippen LogP contribution is -2.43. The van der Waals surface area contributed by atoms with Gasteiger partial charge in [-0.25, -0.2) is 0 Å². The van der Waals surface area contributed by atoms with E-state index < -0.39 is 6.16 Å². The van der Waals surface area contributed by atoms with E-state index in [1.807, 2.05) is 0 Å². The normalized spacial score (nSPS) is 13.1. The highest BCUT2D eigenvalue weighted by atomic mass is 17.0. The molecular formula is C33H56O4. The molecule has 0 bridgehead atoms. The van der Waals surface area contributed by atoms with Crippen molar-refractivity contribution in [2.45, 2.75) is 113 Å². The molecule has 212 valence electrons. The van der Waals surface area contributed by atoms with E-state index in [2.05, 4.69) is 104 Å². The number of hydrogen-bond donors (Lipinski definition) is 0. The quantitative estimate of drug-likeness (QED) is 0.0815. The highest BCUT2D eigenvalue weighted by Gasteiger charge is 2.35. The second-order valence-electron chi connectivity index (χ2n) is 9.90. The van der Waals surface area contributed by atoms with Gasteiger partial charge in [0.1, 0.15) is 0 Å². The maximum Gasteiger partial charge on any atom is 0.413 e. The van der Waals surface area contributed by atoms with Crippen LogP contribution in [-0.4, -0.2) is 32.6 Å². The van der Waals surface area contributed by atoms with Gasteiger partial charge in [0.25, 0.3) is 0 Å². The summed E-state index contributed by atoms with van der Waals surface area (Å²) >= 11 is 0. The van der Waals surface area contributed by atoms with Crippen LogP contribution in [0.1, 0.15) is 107 Å². The zero-order chi connectivity index (χ0) is 27.8. The average molecular weight is 517 g/mol. The van der Waals surface area contributed by atoms with Crippen LogP contribution >= 0.6 is 0 Å². The van der Waals surface area contributed by atoms with Crippen molar-refractivity contribution in [1.82, 2.24) is 0 Å². The summed E-state index contributed by atoms with van der Waals surface area (Å²) in [5.74, 6) is 0. The number of rotatable bonds is 22. The lowest BCUT2D eigenvalue weighted by molar-refractivity contribution is -0.494. The van der Waals surface area contributed by atoms with Gasteiger partial charge in [-0.3, -0.25) is 9.47 Å². The predicted octanol–water partition coefficient (Wildman–Crippen LogP) is 9.76. The zero-order valence-electron chi connectivity index (χ0n) is 25.2. The summed E-state index contributed by atoms with van der Waals surface area (Å²) in [6.45, 7) is 18.7. The Kier molecular flexibility index (Phi) is 22.3. The molecule has 0 saturated heterocycles. The first-order chi connectivity index (χ1) is 17.7. The Balaban J connectivity index is 5.45. The fraction of sp³-hybridized carbons (Fsp3) is 0.636. The summed E-state index contributed by atoms with van der Waals surface area (Å²) in [6, 6.07) is 0. The first-order valence-corrected chi connectivity index (χ1v) is 14.2. The van der Waals surface area contributed by atoms with Gasteiger partial charge in [0, 0.05) is 0 Å². The van der Waals surface area contributed by atoms with Crippen molar-refractivity contribution in [1.29, 1.82) is 0 Å². The minimum atomic E-state index is -1.53. The average Bonchev–Trinajstić information content (AvgIpc) is 2.83. The predicted molar refractivity (Wildman–Crippen MR) is 159 cm³/mol. The Bertz CT molecular complexity index is 680. The van der Waals surface area contributed by atoms with Gasteiger partial charge in [-0.05, 0) is 92.9 Å². The highest BCUT2D eigenvalue weighted by molar-refractivity contribution is 5.03. The molecule has 0 fully saturated rings. The third-order valence-corrected chi connectivity index (χ3v) is 5.50. The molecule has 37 heavy (non-hydrogen) atoms. The van der Waals surface area contributed by atoms with E-state index in [-0.39, 0.29) is 0 Å². The van der Waals surface area contributed by atoms with E-state index in [1.165, 1.54) is 22.3 Å². The maximum absolute atomic E-state index is 6.19. The molecule has 0 aromatic rings. The topological polar surface area (TPSA) is 36.9 Å². The molecule has 4 heteroatoms. The summed E-state index contributed by atoms with van der Waals surface area (Å²) in [5, 5.41) is 0. The van der Waals surface area contributed by atoms with Crippen LogP contribution in [0.2, 0.25) is 0 Å². The van der Waals surface area contributed by atoms with Crippen LogP contribution in [0.5, 0.6) is 0 Å². The maximum atomic E-state index is 6.19. The smallest absolute Gasteiger partial charge is 0.303 e. The Morgan fingerprint density at radius 1 is 0.514 bits per heavy atom. The fourth-order valence-corrected chi connectivity index (χ4v) is 3.28. The molecule has 0 N–H and O–H groups in total. The summed E-state index contributed by atoms with van der Waals surface area (Å²) in [5.41, 5.74) is 5.24. The lowest BCUT2D eigenvalue weighted by atomic mass is 10.1. The minimum Gasteiger partial charge on any atom is -0.303 e. The van der Waals surface area contributed by atoms with Crippen molar-refractivity contribution in [3.63, 3.8) is 0 Å². The lowest BCUT2D eigenvalue weighted by Gasteiger charge is -2.31. The molecule has 0 radical (unpaired) electrons. The fourth-order valence-electron chi connectivity index (χ4n) is 3.28. The Hall–Kier alpha value is -1.72. The first-order valence-electron chi connectivity index (χ1n) is 14.2. The third kappa shape index (κ3) is 22.0. The first kappa shape index (κ1) is 35.3. The Labute approximate surface area is 229 Å². The summed E-state index contributed by atoms with van der Waals surface area (Å²) in [7, 11) is 0. The molecule has 4 nitrogen and oxygen atoms in total. The van der Waals surface area contributed by atoms with Gasteiger partial charge in [-0.1, -0.05) is 84.7 Å². The van der Waals surface area contributed by atoms with E-state index in [0.717, 1.165) is 51.4 Å². The zero-order valence-corrected chi connectivity index (χ0v) is 25.2. The molecule has 0 aromatic heterocycles. The van der Waals surface area contributed by atoms with Crippen molar-refractivity contribution < 1.29 is 18.9 Å². The van der Waals surface area contributed by atoms with Gasteiger partial charge in [0.15, 0.2) is 0 Å². The molecular weight excluding hydrogens is 460 g/mol. The van der Waals surface area contributed by atoms with Crippen LogP contribution in [0.15, 0.2) is 70.9 Å². The third-order valence-electron chi connectivity index (χ3n) is 5.50. The van der Waals surface area contributed by atoms with Gasteiger partial charge in [-0.15, -0.1) is 0 Å². The van der Waals surface area contributed by atoms with Gasteiger partial charge in [-0.2, -0.15) is 0 Å². The van der Waals surface area contributed by atoms with E-state index in [4.69, 9.17) is 18.9 Å². The monoisotopic (exact) mass is 516 g/mol. The van der Waals surface area contributed by atoms with E-state index in [9.17, 15) is 0 Å². The SMILES string of the molecule is CC/C=C\CCOC(OC/C=C(\C)CCC=C(C)C)(OC/C=C(\C)CCC=C(C)C)OCC/C=C\CC. The largest absolute Gasteiger partial charge is 0.413 e. The van der Waals surface area contributed by atoms with Crippen molar-refractivity contribution in [2.24, 2.45) is 0 Å². The van der Waals surface area contributed by atoms with Crippen LogP contribution < -0.4 is 0 Å². The molecule has 0 rings (SSSR count). The molecule has 0 aliphatic rings. The molecule has 0 unspecified atom stereocenters. The molecule has 0 aliphatic heterocycles. The van der Waals surface area contributed by atoms with E-state index in [1.54, 1.807) is 0 Å². The molecule has 0 heterocycles. The molecule has 0 atom stereocenters. The van der Waals surface area contributed by atoms with Crippen LogP contribution in [0.3, 0.4) is 0 Å². The van der Waals surface area contributed by atoms with Crippen LogP contribution in [-0.2, 0) is 18.9 Å². The van der Waals surface area contributed by atoms with E-state index >= 15 is 0 Å². The Morgan fingerprint density at radius 2 is 0.919 bits per heavy atom. The molecule has 0 saturated carbocycles. The Morgan fingerprint density at radius 3 is 1.27 bits per heavy atom. The number of allylic oxidation sites excluding steroid dienone is 8. The molecule has 0 spiro atoms. The second kappa shape index (κ2) is 23.4. The number of hydrogen-bond acceptors (Lipinski definition) is 4. The standard InChI is InChI=1S/C33H56O4/c1-9-11-13-15-25-34-33(35-26-16-14-12-10-2,36-27-23-31(7)21-17-19-29(3)4)37-28-24-32(8)22-18-20-30(5)6/h11-14,19-20,23-24H,9-10,15-18,21-22,25-28H2,1-8H3/b13-11-,14-12-,31-23+,32-24+. The second-order valence-corrected chi connectivity index (χ2v) is 9.90.